The molecule has 2 aromatic carbocycles. The molecule has 0 unspecified atom stereocenters. The minimum Gasteiger partial charge on any atom is -0.347 e. The molecule has 0 atom stereocenters. The number of benzene rings is 2. The predicted molar refractivity (Wildman–Crippen MR) is 94.3 cm³/mol. The minimum absolute atomic E-state index is 0.000108. The fourth-order valence-electron chi connectivity index (χ4n) is 2.14. The van der Waals surface area contributed by atoms with Gasteiger partial charge < -0.3 is 10.6 Å². The molecule has 3 rings (SSSR count). The van der Waals surface area contributed by atoms with Crippen molar-refractivity contribution in [2.45, 2.75) is 6.54 Å². The smallest absolute Gasteiger partial charge is 0.270 e. The molecule has 1 heterocycles. The van der Waals surface area contributed by atoms with Crippen molar-refractivity contribution in [2.24, 2.45) is 0 Å². The highest BCUT2D eigenvalue weighted by atomic mass is 35.5. The Balaban J connectivity index is 1.68. The van der Waals surface area contributed by atoms with Crippen molar-refractivity contribution in [3.05, 3.63) is 83.0 Å². The Hall–Kier alpha value is -2.99. The largest absolute Gasteiger partial charge is 0.347 e. The van der Waals surface area contributed by atoms with Crippen LogP contribution >= 0.6 is 11.6 Å². The van der Waals surface area contributed by atoms with E-state index in [1.165, 1.54) is 30.6 Å². The van der Waals surface area contributed by atoms with Crippen LogP contribution in [0.3, 0.4) is 0 Å². The number of aromatic nitrogens is 2. The lowest BCUT2D eigenvalue weighted by Gasteiger charge is -2.08. The van der Waals surface area contributed by atoms with Gasteiger partial charge in [0.15, 0.2) is 0 Å². The van der Waals surface area contributed by atoms with Crippen LogP contribution in [-0.2, 0) is 6.54 Å². The van der Waals surface area contributed by atoms with Gasteiger partial charge in [0, 0.05) is 18.3 Å². The third-order valence-corrected chi connectivity index (χ3v) is 3.68. The summed E-state index contributed by atoms with van der Waals surface area (Å²) in [6, 6.07) is 15.3. The second-order valence-corrected chi connectivity index (χ2v) is 5.62. The lowest BCUT2D eigenvalue weighted by Crippen LogP contribution is -2.24. The maximum absolute atomic E-state index is 13.2. The molecule has 0 aliphatic rings. The third-order valence-electron chi connectivity index (χ3n) is 3.39. The molecule has 0 aliphatic carbocycles. The molecular formula is C18H14ClFN4O. The fraction of sp³-hybridized carbons (Fsp3) is 0.0556. The van der Waals surface area contributed by atoms with Crippen molar-refractivity contribution >= 4 is 29.0 Å². The van der Waals surface area contributed by atoms with Crippen molar-refractivity contribution in [1.82, 2.24) is 15.3 Å². The standard InChI is InChI=1S/C18H14ClFN4O/c19-14-8-13(6-7-15(14)20)24-17-9-16(22-11-23-17)18(25)21-10-12-4-2-1-3-5-12/h1-9,11H,10H2,(H,21,25)(H,22,23,24). The molecule has 0 radical (unpaired) electrons. The van der Waals surface area contributed by atoms with Crippen molar-refractivity contribution in [3.63, 3.8) is 0 Å². The first-order valence-corrected chi connectivity index (χ1v) is 7.86. The number of amides is 1. The summed E-state index contributed by atoms with van der Waals surface area (Å²) < 4.78 is 13.2. The van der Waals surface area contributed by atoms with E-state index in [1.807, 2.05) is 30.3 Å². The topological polar surface area (TPSA) is 66.9 Å². The number of rotatable bonds is 5. The second kappa shape index (κ2) is 7.72. The molecule has 0 spiro atoms. The van der Waals surface area contributed by atoms with Gasteiger partial charge in [0.2, 0.25) is 0 Å². The van der Waals surface area contributed by atoms with Crippen molar-refractivity contribution < 1.29 is 9.18 Å². The number of halogens is 2. The number of carbonyl (C=O) groups excluding carboxylic acids is 1. The summed E-state index contributed by atoms with van der Waals surface area (Å²) in [7, 11) is 0. The third kappa shape index (κ3) is 4.51. The number of carbonyl (C=O) groups is 1. The quantitative estimate of drug-likeness (QED) is 0.726. The van der Waals surface area contributed by atoms with Crippen LogP contribution in [0.4, 0.5) is 15.9 Å². The summed E-state index contributed by atoms with van der Waals surface area (Å²) in [6.45, 7) is 0.403. The zero-order valence-corrected chi connectivity index (χ0v) is 13.8. The molecule has 1 aromatic heterocycles. The zero-order chi connectivity index (χ0) is 17.6. The molecule has 0 saturated heterocycles. The van der Waals surface area contributed by atoms with Gasteiger partial charge in [-0.15, -0.1) is 0 Å². The maximum Gasteiger partial charge on any atom is 0.270 e. The number of nitrogens with zero attached hydrogens (tertiary/aromatic N) is 2. The molecule has 0 bridgehead atoms. The monoisotopic (exact) mass is 356 g/mol. The van der Waals surface area contributed by atoms with E-state index in [-0.39, 0.29) is 16.6 Å². The van der Waals surface area contributed by atoms with Crippen LogP contribution in [-0.4, -0.2) is 15.9 Å². The highest BCUT2D eigenvalue weighted by Gasteiger charge is 2.09. The summed E-state index contributed by atoms with van der Waals surface area (Å²) in [5.41, 5.74) is 1.77. The van der Waals surface area contributed by atoms with E-state index in [0.717, 1.165) is 5.56 Å². The van der Waals surface area contributed by atoms with Gasteiger partial charge in [-0.3, -0.25) is 4.79 Å². The minimum atomic E-state index is -0.504. The average Bonchev–Trinajstić information content (AvgIpc) is 2.64. The van der Waals surface area contributed by atoms with Gasteiger partial charge in [-0.2, -0.15) is 0 Å². The van der Waals surface area contributed by atoms with E-state index in [4.69, 9.17) is 11.6 Å². The van der Waals surface area contributed by atoms with Gasteiger partial charge in [0.1, 0.15) is 23.7 Å². The van der Waals surface area contributed by atoms with Crippen molar-refractivity contribution in [2.75, 3.05) is 5.32 Å². The number of anilines is 2. The summed E-state index contributed by atoms with van der Waals surface area (Å²) in [5.74, 6) is -0.412. The highest BCUT2D eigenvalue weighted by molar-refractivity contribution is 6.31. The maximum atomic E-state index is 13.2. The van der Waals surface area contributed by atoms with Crippen molar-refractivity contribution in [3.8, 4) is 0 Å². The van der Waals surface area contributed by atoms with Crippen LogP contribution < -0.4 is 10.6 Å². The van der Waals surface area contributed by atoms with Crippen LogP contribution in [0.25, 0.3) is 0 Å². The van der Waals surface area contributed by atoms with Crippen LogP contribution in [0.2, 0.25) is 5.02 Å². The average molecular weight is 357 g/mol. The first-order chi connectivity index (χ1) is 12.1. The number of hydrogen-bond acceptors (Lipinski definition) is 4. The molecule has 5 nitrogen and oxygen atoms in total. The Morgan fingerprint density at radius 3 is 2.64 bits per heavy atom. The lowest BCUT2D eigenvalue weighted by atomic mass is 10.2. The molecule has 3 aromatic rings. The molecule has 2 N–H and O–H groups in total. The number of nitrogens with one attached hydrogen (secondary N) is 2. The lowest BCUT2D eigenvalue weighted by molar-refractivity contribution is 0.0946. The fourth-order valence-corrected chi connectivity index (χ4v) is 2.32. The van der Waals surface area contributed by atoms with Gasteiger partial charge in [-0.25, -0.2) is 14.4 Å². The SMILES string of the molecule is O=C(NCc1ccccc1)c1cc(Nc2ccc(F)c(Cl)c2)ncn1. The van der Waals surface area contributed by atoms with Gasteiger partial charge in [-0.1, -0.05) is 41.9 Å². The normalized spacial score (nSPS) is 10.3. The van der Waals surface area contributed by atoms with Crippen LogP contribution in [0.1, 0.15) is 16.1 Å². The summed E-state index contributed by atoms with van der Waals surface area (Å²) >= 11 is 5.75. The second-order valence-electron chi connectivity index (χ2n) is 5.21. The van der Waals surface area contributed by atoms with Gasteiger partial charge in [0.05, 0.1) is 5.02 Å². The Kier molecular flexibility index (Phi) is 5.20. The van der Waals surface area contributed by atoms with Gasteiger partial charge in [0.25, 0.3) is 5.91 Å². The number of hydrogen-bond donors (Lipinski definition) is 2. The summed E-state index contributed by atoms with van der Waals surface area (Å²) in [5, 5.41) is 5.75. The van der Waals surface area contributed by atoms with Crippen molar-refractivity contribution in [1.29, 1.82) is 0 Å². The van der Waals surface area contributed by atoms with Gasteiger partial charge >= 0.3 is 0 Å². The Bertz CT molecular complexity index is 889. The van der Waals surface area contributed by atoms with E-state index in [0.29, 0.717) is 18.1 Å². The van der Waals surface area contributed by atoms with E-state index >= 15 is 0 Å². The summed E-state index contributed by atoms with van der Waals surface area (Å²) in [6.07, 6.45) is 1.28. The Morgan fingerprint density at radius 2 is 1.88 bits per heavy atom. The highest BCUT2D eigenvalue weighted by Crippen LogP contribution is 2.21. The molecule has 0 aliphatic heterocycles. The molecule has 7 heteroatoms. The van der Waals surface area contributed by atoms with E-state index < -0.39 is 5.82 Å². The predicted octanol–water partition coefficient (Wildman–Crippen LogP) is 3.94. The van der Waals surface area contributed by atoms with E-state index in [1.54, 1.807) is 0 Å². The van der Waals surface area contributed by atoms with E-state index in [9.17, 15) is 9.18 Å². The Labute approximate surface area is 148 Å². The van der Waals surface area contributed by atoms with Crippen LogP contribution in [0.15, 0.2) is 60.9 Å². The molecular weight excluding hydrogens is 343 g/mol. The Morgan fingerprint density at radius 1 is 1.08 bits per heavy atom. The molecule has 1 amide bonds. The first-order valence-electron chi connectivity index (χ1n) is 7.48. The molecule has 126 valence electrons. The molecule has 0 fully saturated rings. The molecule has 25 heavy (non-hydrogen) atoms. The summed E-state index contributed by atoms with van der Waals surface area (Å²) in [4.78, 5) is 20.2. The van der Waals surface area contributed by atoms with Crippen LogP contribution in [0.5, 0.6) is 0 Å². The zero-order valence-electron chi connectivity index (χ0n) is 13.0. The first kappa shape index (κ1) is 16.9. The molecule has 0 saturated carbocycles. The van der Waals surface area contributed by atoms with Gasteiger partial charge in [-0.05, 0) is 23.8 Å². The van der Waals surface area contributed by atoms with E-state index in [2.05, 4.69) is 20.6 Å². The van der Waals surface area contributed by atoms with Crippen LogP contribution in [0, 0.1) is 5.82 Å².